The monoisotopic (exact) mass is 296 g/mol. The molecular weight excluding hydrogens is 276 g/mol. The number of hydrogen-bond donors (Lipinski definition) is 1. The fourth-order valence-corrected chi connectivity index (χ4v) is 1.95. The van der Waals surface area contributed by atoms with Gasteiger partial charge in [0.1, 0.15) is 5.75 Å². The van der Waals surface area contributed by atoms with Gasteiger partial charge in [-0.15, -0.1) is 0 Å². The molecule has 0 saturated carbocycles. The molecule has 0 spiro atoms. The normalized spacial score (nSPS) is 11.8. The molecule has 0 aliphatic rings. The molecule has 0 radical (unpaired) electrons. The van der Waals surface area contributed by atoms with Crippen molar-refractivity contribution in [3.05, 3.63) is 33.9 Å². The first kappa shape index (κ1) is 16.9. The SMILES string of the molecule is CCN(CC)C(=O)C(C)Oc1ccc([N+](=O)[O-])cc1CO. The van der Waals surface area contributed by atoms with E-state index in [1.165, 1.54) is 18.2 Å². The van der Waals surface area contributed by atoms with Crippen LogP contribution in [0.2, 0.25) is 0 Å². The Bertz CT molecular complexity index is 514. The molecule has 0 aromatic heterocycles. The largest absolute Gasteiger partial charge is 0.481 e. The quantitative estimate of drug-likeness (QED) is 0.611. The zero-order chi connectivity index (χ0) is 16.0. The lowest BCUT2D eigenvalue weighted by Gasteiger charge is -2.24. The van der Waals surface area contributed by atoms with Crippen LogP contribution in [0.5, 0.6) is 5.75 Å². The number of hydrogen-bond acceptors (Lipinski definition) is 5. The fraction of sp³-hybridized carbons (Fsp3) is 0.500. The van der Waals surface area contributed by atoms with Gasteiger partial charge < -0.3 is 14.7 Å². The van der Waals surface area contributed by atoms with Gasteiger partial charge in [0, 0.05) is 30.8 Å². The summed E-state index contributed by atoms with van der Waals surface area (Å²) in [5.74, 6) is 0.110. The molecule has 1 aromatic carbocycles. The number of carbonyl (C=O) groups is 1. The van der Waals surface area contributed by atoms with Crippen molar-refractivity contribution in [2.75, 3.05) is 13.1 Å². The Morgan fingerprint density at radius 3 is 2.52 bits per heavy atom. The standard InChI is InChI=1S/C14H20N2O5/c1-4-15(5-2)14(18)10(3)21-13-7-6-12(16(19)20)8-11(13)9-17/h6-8,10,17H,4-5,9H2,1-3H3. The summed E-state index contributed by atoms with van der Waals surface area (Å²) in [5, 5.41) is 20.0. The third-order valence-corrected chi connectivity index (χ3v) is 3.15. The summed E-state index contributed by atoms with van der Waals surface area (Å²) in [7, 11) is 0. The van der Waals surface area contributed by atoms with E-state index < -0.39 is 17.6 Å². The summed E-state index contributed by atoms with van der Waals surface area (Å²) >= 11 is 0. The molecule has 0 fully saturated rings. The average Bonchev–Trinajstić information content (AvgIpc) is 2.48. The van der Waals surface area contributed by atoms with Crippen molar-refractivity contribution in [3.63, 3.8) is 0 Å². The number of carbonyl (C=O) groups excluding carboxylic acids is 1. The summed E-state index contributed by atoms with van der Waals surface area (Å²) in [6.45, 7) is 6.12. The first-order valence-corrected chi connectivity index (χ1v) is 6.78. The van der Waals surface area contributed by atoms with Crippen molar-refractivity contribution in [2.45, 2.75) is 33.5 Å². The van der Waals surface area contributed by atoms with Crippen LogP contribution >= 0.6 is 0 Å². The van der Waals surface area contributed by atoms with Crippen LogP contribution < -0.4 is 4.74 Å². The van der Waals surface area contributed by atoms with E-state index in [9.17, 15) is 20.0 Å². The van der Waals surface area contributed by atoms with Crippen LogP contribution in [0.1, 0.15) is 26.3 Å². The molecule has 1 atom stereocenters. The van der Waals surface area contributed by atoms with Crippen molar-refractivity contribution in [1.82, 2.24) is 4.90 Å². The van der Waals surface area contributed by atoms with E-state index in [-0.39, 0.29) is 22.9 Å². The Kier molecular flexibility index (Phi) is 6.10. The van der Waals surface area contributed by atoms with Crippen molar-refractivity contribution in [3.8, 4) is 5.75 Å². The molecule has 0 saturated heterocycles. The van der Waals surface area contributed by atoms with E-state index in [4.69, 9.17) is 4.74 Å². The minimum Gasteiger partial charge on any atom is -0.481 e. The van der Waals surface area contributed by atoms with Gasteiger partial charge in [-0.1, -0.05) is 0 Å². The molecule has 0 aliphatic heterocycles. The summed E-state index contributed by atoms with van der Waals surface area (Å²) in [4.78, 5) is 23.9. The van der Waals surface area contributed by atoms with Gasteiger partial charge in [-0.05, 0) is 26.8 Å². The number of non-ortho nitro benzene ring substituents is 1. The highest BCUT2D eigenvalue weighted by Gasteiger charge is 2.21. The van der Waals surface area contributed by atoms with Gasteiger partial charge in [-0.3, -0.25) is 14.9 Å². The van der Waals surface area contributed by atoms with Gasteiger partial charge in [-0.25, -0.2) is 0 Å². The molecule has 1 rings (SSSR count). The molecule has 7 heteroatoms. The van der Waals surface area contributed by atoms with Crippen molar-refractivity contribution >= 4 is 11.6 Å². The number of nitrogens with zero attached hydrogens (tertiary/aromatic N) is 2. The number of amides is 1. The van der Waals surface area contributed by atoms with E-state index in [1.54, 1.807) is 11.8 Å². The lowest BCUT2D eigenvalue weighted by atomic mass is 10.2. The molecule has 21 heavy (non-hydrogen) atoms. The van der Waals surface area contributed by atoms with Crippen molar-refractivity contribution in [2.24, 2.45) is 0 Å². The summed E-state index contributed by atoms with van der Waals surface area (Å²) in [6, 6.07) is 3.92. The number of nitro groups is 1. The second-order valence-corrected chi connectivity index (χ2v) is 4.48. The van der Waals surface area contributed by atoms with Crippen LogP contribution in [-0.2, 0) is 11.4 Å². The molecule has 116 valence electrons. The van der Waals surface area contributed by atoms with Crippen LogP contribution in [-0.4, -0.2) is 40.0 Å². The van der Waals surface area contributed by atoms with Crippen molar-refractivity contribution < 1.29 is 19.6 Å². The lowest BCUT2D eigenvalue weighted by Crippen LogP contribution is -2.40. The predicted molar refractivity (Wildman–Crippen MR) is 77.0 cm³/mol. The van der Waals surface area contributed by atoms with Crippen LogP contribution in [0.15, 0.2) is 18.2 Å². The number of ether oxygens (including phenoxy) is 1. The van der Waals surface area contributed by atoms with E-state index in [0.717, 1.165) is 0 Å². The maximum Gasteiger partial charge on any atom is 0.270 e. The maximum absolute atomic E-state index is 12.1. The molecule has 1 unspecified atom stereocenters. The highest BCUT2D eigenvalue weighted by Crippen LogP contribution is 2.25. The van der Waals surface area contributed by atoms with Crippen LogP contribution in [0.3, 0.4) is 0 Å². The zero-order valence-electron chi connectivity index (χ0n) is 12.4. The van der Waals surface area contributed by atoms with E-state index in [0.29, 0.717) is 13.1 Å². The molecule has 1 N–H and O–H groups in total. The third-order valence-electron chi connectivity index (χ3n) is 3.15. The number of aliphatic hydroxyl groups is 1. The van der Waals surface area contributed by atoms with Crippen molar-refractivity contribution in [1.29, 1.82) is 0 Å². The van der Waals surface area contributed by atoms with Gasteiger partial charge in [-0.2, -0.15) is 0 Å². The molecule has 0 aliphatic carbocycles. The number of benzene rings is 1. The van der Waals surface area contributed by atoms with E-state index >= 15 is 0 Å². The maximum atomic E-state index is 12.1. The lowest BCUT2D eigenvalue weighted by molar-refractivity contribution is -0.385. The second-order valence-electron chi connectivity index (χ2n) is 4.48. The summed E-state index contributed by atoms with van der Waals surface area (Å²) < 4.78 is 5.54. The van der Waals surface area contributed by atoms with E-state index in [2.05, 4.69) is 0 Å². The highest BCUT2D eigenvalue weighted by molar-refractivity contribution is 5.80. The number of likely N-dealkylation sites (N-methyl/N-ethyl adjacent to an activating group) is 1. The molecular formula is C14H20N2O5. The Morgan fingerprint density at radius 1 is 1.43 bits per heavy atom. The molecule has 1 amide bonds. The Balaban J connectivity index is 2.92. The first-order chi connectivity index (χ1) is 9.94. The van der Waals surface area contributed by atoms with Gasteiger partial charge >= 0.3 is 0 Å². The third kappa shape index (κ3) is 4.16. The van der Waals surface area contributed by atoms with Gasteiger partial charge in [0.2, 0.25) is 0 Å². The van der Waals surface area contributed by atoms with Gasteiger partial charge in [0.05, 0.1) is 11.5 Å². The summed E-state index contributed by atoms with van der Waals surface area (Å²) in [6.07, 6.45) is -0.725. The van der Waals surface area contributed by atoms with E-state index in [1.807, 2.05) is 13.8 Å². The Labute approximate surface area is 123 Å². The molecule has 7 nitrogen and oxygen atoms in total. The summed E-state index contributed by atoms with van der Waals surface area (Å²) in [5.41, 5.74) is 0.150. The first-order valence-electron chi connectivity index (χ1n) is 6.78. The zero-order valence-corrected chi connectivity index (χ0v) is 12.4. The van der Waals surface area contributed by atoms with Crippen LogP contribution in [0, 0.1) is 10.1 Å². The van der Waals surface area contributed by atoms with Crippen LogP contribution in [0.25, 0.3) is 0 Å². The Morgan fingerprint density at radius 2 is 2.05 bits per heavy atom. The number of rotatable bonds is 7. The van der Waals surface area contributed by atoms with Crippen LogP contribution in [0.4, 0.5) is 5.69 Å². The number of nitro benzene ring substituents is 1. The van der Waals surface area contributed by atoms with Gasteiger partial charge in [0.15, 0.2) is 6.10 Å². The fourth-order valence-electron chi connectivity index (χ4n) is 1.95. The highest BCUT2D eigenvalue weighted by atomic mass is 16.6. The topological polar surface area (TPSA) is 92.9 Å². The van der Waals surface area contributed by atoms with Gasteiger partial charge in [0.25, 0.3) is 11.6 Å². The number of aliphatic hydroxyl groups excluding tert-OH is 1. The predicted octanol–water partition coefficient (Wildman–Crippen LogP) is 1.72. The second kappa shape index (κ2) is 7.58. The molecule has 0 bridgehead atoms. The molecule has 1 aromatic rings. The minimum atomic E-state index is -0.725. The molecule has 0 heterocycles. The smallest absolute Gasteiger partial charge is 0.270 e. The minimum absolute atomic E-state index is 0.130. The Hall–Kier alpha value is -2.15. The average molecular weight is 296 g/mol.